The second-order valence-electron chi connectivity index (χ2n) is 10.6. The van der Waals surface area contributed by atoms with Gasteiger partial charge in [0.1, 0.15) is 0 Å². The molecular formula is C32H22S3. The molecule has 0 nitrogen and oxygen atoms in total. The maximum atomic E-state index is 2.51. The summed E-state index contributed by atoms with van der Waals surface area (Å²) in [6, 6.07) is 22.2. The van der Waals surface area contributed by atoms with Gasteiger partial charge in [0.05, 0.1) is 0 Å². The molecule has 9 rings (SSSR count). The van der Waals surface area contributed by atoms with E-state index in [1.54, 1.807) is 5.56 Å². The molecule has 1 atom stereocenters. The third kappa shape index (κ3) is 2.64. The number of fused-ring (bicyclic) bond motifs is 11. The highest BCUT2D eigenvalue weighted by molar-refractivity contribution is 8.00. The highest BCUT2D eigenvalue weighted by Crippen LogP contribution is 2.49. The van der Waals surface area contributed by atoms with Gasteiger partial charge in [-0.2, -0.15) is 0 Å². The third-order valence-corrected chi connectivity index (χ3v) is 11.6. The summed E-state index contributed by atoms with van der Waals surface area (Å²) in [5.74, 6) is 0. The Morgan fingerprint density at radius 1 is 0.600 bits per heavy atom. The number of hydrogen-bond donors (Lipinski definition) is 0. The van der Waals surface area contributed by atoms with Crippen LogP contribution in [0.3, 0.4) is 0 Å². The minimum absolute atomic E-state index is 0.712. The van der Waals surface area contributed by atoms with E-state index in [-0.39, 0.29) is 0 Å². The summed E-state index contributed by atoms with van der Waals surface area (Å²) >= 11 is 5.94. The van der Waals surface area contributed by atoms with Crippen molar-refractivity contribution in [1.82, 2.24) is 0 Å². The van der Waals surface area contributed by atoms with E-state index in [0.717, 1.165) is 12.8 Å². The summed E-state index contributed by atoms with van der Waals surface area (Å²) in [6.45, 7) is 4.57. The number of hydrogen-bond acceptors (Lipinski definition) is 3. The average Bonchev–Trinajstić information content (AvgIpc) is 3.60. The summed E-state index contributed by atoms with van der Waals surface area (Å²) in [5.41, 5.74) is 13.4. The van der Waals surface area contributed by atoms with E-state index in [1.165, 1.54) is 91.0 Å². The van der Waals surface area contributed by atoms with Crippen molar-refractivity contribution in [3.63, 3.8) is 0 Å². The van der Waals surface area contributed by atoms with Crippen LogP contribution in [0.2, 0.25) is 0 Å². The van der Waals surface area contributed by atoms with Gasteiger partial charge in [-0.1, -0.05) is 13.0 Å². The fourth-order valence-electron chi connectivity index (χ4n) is 6.74. The Kier molecular flexibility index (Phi) is 3.68. The molecule has 3 aliphatic rings. The lowest BCUT2D eigenvalue weighted by Gasteiger charge is -2.05. The van der Waals surface area contributed by atoms with Crippen LogP contribution in [0.15, 0.2) is 59.5 Å². The monoisotopic (exact) mass is 502 g/mol. The van der Waals surface area contributed by atoms with Gasteiger partial charge in [0.15, 0.2) is 0 Å². The molecule has 6 aromatic rings. The SMILES string of the molecule is Cc1cc2cc3c(cc2s1)-c1cc2sc4cc5c(cc4c2cc1C3)Cc1cc2c(cc1-5)SC(C)C2. The third-order valence-electron chi connectivity index (χ3n) is 8.25. The van der Waals surface area contributed by atoms with Gasteiger partial charge in [-0.15, -0.1) is 34.4 Å². The van der Waals surface area contributed by atoms with E-state index >= 15 is 0 Å². The molecule has 4 aromatic carbocycles. The van der Waals surface area contributed by atoms with Gasteiger partial charge in [0, 0.05) is 39.9 Å². The molecule has 1 aliphatic heterocycles. The quantitative estimate of drug-likeness (QED) is 0.199. The van der Waals surface area contributed by atoms with E-state index in [9.17, 15) is 0 Å². The van der Waals surface area contributed by atoms with Gasteiger partial charge in [-0.25, -0.2) is 0 Å². The molecule has 0 bridgehead atoms. The molecule has 0 saturated carbocycles. The molecule has 3 heterocycles. The predicted molar refractivity (Wildman–Crippen MR) is 155 cm³/mol. The summed E-state index contributed by atoms with van der Waals surface area (Å²) in [4.78, 5) is 2.90. The maximum absolute atomic E-state index is 2.51. The molecule has 0 saturated heterocycles. The van der Waals surface area contributed by atoms with E-state index < -0.39 is 0 Å². The van der Waals surface area contributed by atoms with Gasteiger partial charge >= 0.3 is 0 Å². The molecule has 35 heavy (non-hydrogen) atoms. The molecule has 1 unspecified atom stereocenters. The number of thiophene rings is 2. The zero-order valence-electron chi connectivity index (χ0n) is 19.6. The van der Waals surface area contributed by atoms with Crippen molar-refractivity contribution in [3.05, 3.63) is 87.3 Å². The van der Waals surface area contributed by atoms with Crippen LogP contribution >= 0.6 is 34.4 Å². The van der Waals surface area contributed by atoms with Gasteiger partial charge in [0.2, 0.25) is 0 Å². The van der Waals surface area contributed by atoms with Crippen molar-refractivity contribution in [2.45, 2.75) is 43.3 Å². The summed E-state index contributed by atoms with van der Waals surface area (Å²) in [5, 5.41) is 5.01. The van der Waals surface area contributed by atoms with Crippen molar-refractivity contribution >= 4 is 64.7 Å². The summed E-state index contributed by atoms with van der Waals surface area (Å²) in [7, 11) is 0. The lowest BCUT2D eigenvalue weighted by molar-refractivity contribution is 0.957. The first kappa shape index (κ1) is 19.6. The smallest absolute Gasteiger partial charge is 0.0361 e. The lowest BCUT2D eigenvalue weighted by Crippen LogP contribution is -1.92. The van der Waals surface area contributed by atoms with Crippen LogP contribution in [-0.2, 0) is 19.3 Å². The van der Waals surface area contributed by atoms with Crippen LogP contribution in [0.5, 0.6) is 0 Å². The largest absolute Gasteiger partial charge is 0.141 e. The standard InChI is InChI=1S/C32H22S3/c1-15-3-21-7-17-5-19-9-27-28-10-20-6-18-8-22-4-16(2)34-30(22)12-24(18)26(20)14-32(28)35-31(27)13-25(19)23(17)11-29(21)33-15/h3,7-14,16H,4-6H2,1-2H3. The van der Waals surface area contributed by atoms with E-state index in [4.69, 9.17) is 0 Å². The number of rotatable bonds is 0. The summed E-state index contributed by atoms with van der Waals surface area (Å²) in [6.07, 6.45) is 3.35. The van der Waals surface area contributed by atoms with Gasteiger partial charge < -0.3 is 0 Å². The highest BCUT2D eigenvalue weighted by atomic mass is 32.2. The van der Waals surface area contributed by atoms with E-state index in [0.29, 0.717) is 5.25 Å². The van der Waals surface area contributed by atoms with E-state index in [1.807, 2.05) is 22.7 Å². The minimum Gasteiger partial charge on any atom is -0.141 e. The minimum atomic E-state index is 0.712. The second kappa shape index (κ2) is 6.59. The maximum Gasteiger partial charge on any atom is 0.0361 e. The molecule has 0 spiro atoms. The van der Waals surface area contributed by atoms with Crippen LogP contribution in [0.25, 0.3) is 52.5 Å². The molecule has 2 aliphatic carbocycles. The molecule has 3 heteroatoms. The van der Waals surface area contributed by atoms with Crippen molar-refractivity contribution in [2.24, 2.45) is 0 Å². The molecule has 0 radical (unpaired) electrons. The van der Waals surface area contributed by atoms with E-state index in [2.05, 4.69) is 80.2 Å². The topological polar surface area (TPSA) is 0 Å². The Balaban J connectivity index is 1.22. The molecule has 2 aromatic heterocycles. The van der Waals surface area contributed by atoms with Gasteiger partial charge in [-0.3, -0.25) is 0 Å². The van der Waals surface area contributed by atoms with Crippen LogP contribution in [0.1, 0.15) is 39.6 Å². The zero-order valence-corrected chi connectivity index (χ0v) is 22.1. The van der Waals surface area contributed by atoms with Crippen LogP contribution in [0.4, 0.5) is 0 Å². The molecule has 0 N–H and O–H groups in total. The van der Waals surface area contributed by atoms with Crippen molar-refractivity contribution < 1.29 is 0 Å². The van der Waals surface area contributed by atoms with Crippen molar-refractivity contribution in [3.8, 4) is 22.3 Å². The first-order valence-electron chi connectivity index (χ1n) is 12.5. The second-order valence-corrected chi connectivity index (χ2v) is 14.5. The summed E-state index contributed by atoms with van der Waals surface area (Å²) < 4.78 is 4.28. The van der Waals surface area contributed by atoms with Crippen LogP contribution in [0, 0.1) is 6.92 Å². The Morgan fingerprint density at radius 3 is 1.91 bits per heavy atom. The van der Waals surface area contributed by atoms with Gasteiger partial charge in [-0.05, 0) is 130 Å². The van der Waals surface area contributed by atoms with Crippen molar-refractivity contribution in [2.75, 3.05) is 0 Å². The van der Waals surface area contributed by atoms with Gasteiger partial charge in [0.25, 0.3) is 0 Å². The first-order valence-corrected chi connectivity index (χ1v) is 15.0. The number of thioether (sulfide) groups is 1. The fourth-order valence-corrected chi connectivity index (χ4v) is 10.0. The average molecular weight is 503 g/mol. The van der Waals surface area contributed by atoms with Crippen LogP contribution in [-0.4, -0.2) is 5.25 Å². The Labute approximate surface area is 216 Å². The normalized spacial score (nSPS) is 17.3. The Morgan fingerprint density at radius 2 is 1.20 bits per heavy atom. The first-order chi connectivity index (χ1) is 17.1. The zero-order chi connectivity index (χ0) is 23.0. The Hall–Kier alpha value is -2.59. The number of aryl methyl sites for hydroxylation is 1. The molecule has 0 fully saturated rings. The molecule has 168 valence electrons. The molecule has 0 amide bonds. The fraction of sp³-hybridized carbons (Fsp3) is 0.188. The van der Waals surface area contributed by atoms with Crippen LogP contribution < -0.4 is 0 Å². The molecular weight excluding hydrogens is 481 g/mol. The van der Waals surface area contributed by atoms with Crippen molar-refractivity contribution in [1.29, 1.82) is 0 Å². The number of benzene rings is 4. The highest BCUT2D eigenvalue weighted by Gasteiger charge is 2.27. The predicted octanol–water partition coefficient (Wildman–Crippen LogP) is 9.76. The lowest BCUT2D eigenvalue weighted by atomic mass is 10.00. The Bertz CT molecular complexity index is 1930.